The van der Waals surface area contributed by atoms with Gasteiger partial charge in [-0.05, 0) is 30.7 Å². The van der Waals surface area contributed by atoms with Crippen molar-refractivity contribution in [1.82, 2.24) is 20.4 Å². The zero-order valence-electron chi connectivity index (χ0n) is 12.9. The quantitative estimate of drug-likeness (QED) is 0.938. The van der Waals surface area contributed by atoms with Crippen molar-refractivity contribution in [2.75, 3.05) is 26.7 Å². The van der Waals surface area contributed by atoms with Crippen LogP contribution in [0.1, 0.15) is 36.2 Å². The van der Waals surface area contributed by atoms with Crippen LogP contribution in [0.3, 0.4) is 0 Å². The largest absolute Gasteiger partial charge is 0.339 e. The molecule has 2 aromatic rings. The van der Waals surface area contributed by atoms with Crippen LogP contribution < -0.4 is 5.32 Å². The lowest BCUT2D eigenvalue weighted by molar-refractivity contribution is 0.190. The molecule has 0 aliphatic carbocycles. The number of rotatable bonds is 4. The van der Waals surface area contributed by atoms with Gasteiger partial charge in [-0.15, -0.1) is 0 Å². The first-order valence-electron chi connectivity index (χ1n) is 7.62. The Balaban J connectivity index is 1.68. The molecular weight excluding hydrogens is 283 g/mol. The number of piperazine rings is 1. The van der Waals surface area contributed by atoms with E-state index < -0.39 is 0 Å². The summed E-state index contributed by atoms with van der Waals surface area (Å²) >= 11 is 0. The number of nitrogens with one attached hydrogen (secondary N) is 1. The van der Waals surface area contributed by atoms with E-state index in [1.165, 1.54) is 6.07 Å². The molecule has 2 unspecified atom stereocenters. The second-order valence-corrected chi connectivity index (χ2v) is 5.91. The predicted molar refractivity (Wildman–Crippen MR) is 81.1 cm³/mol. The lowest BCUT2D eigenvalue weighted by Gasteiger charge is -2.30. The van der Waals surface area contributed by atoms with Crippen LogP contribution in [0.5, 0.6) is 0 Å². The van der Waals surface area contributed by atoms with Gasteiger partial charge in [0.2, 0.25) is 5.89 Å². The molecule has 1 N–H and O–H groups in total. The fourth-order valence-corrected chi connectivity index (χ4v) is 2.77. The third kappa shape index (κ3) is 3.34. The van der Waals surface area contributed by atoms with Crippen molar-refractivity contribution in [3.05, 3.63) is 47.4 Å². The second-order valence-electron chi connectivity index (χ2n) is 5.91. The normalized spacial score (nSPS) is 21.0. The van der Waals surface area contributed by atoms with Gasteiger partial charge in [0.25, 0.3) is 0 Å². The molecule has 1 aromatic carbocycles. The third-order valence-electron chi connectivity index (χ3n) is 4.19. The van der Waals surface area contributed by atoms with Crippen molar-refractivity contribution in [3.63, 3.8) is 0 Å². The molecule has 1 saturated heterocycles. The Bertz CT molecular complexity index is 630. The van der Waals surface area contributed by atoms with Gasteiger partial charge < -0.3 is 9.84 Å². The van der Waals surface area contributed by atoms with E-state index in [1.54, 1.807) is 12.1 Å². The lowest BCUT2D eigenvalue weighted by Crippen LogP contribution is -2.44. The Morgan fingerprint density at radius 2 is 2.36 bits per heavy atom. The lowest BCUT2D eigenvalue weighted by atomic mass is 9.98. The summed E-state index contributed by atoms with van der Waals surface area (Å²) in [6, 6.07) is 6.80. The third-order valence-corrected chi connectivity index (χ3v) is 4.19. The zero-order valence-corrected chi connectivity index (χ0v) is 12.9. The highest BCUT2D eigenvalue weighted by Gasteiger charge is 2.25. The van der Waals surface area contributed by atoms with Crippen molar-refractivity contribution < 1.29 is 8.91 Å². The molecule has 0 saturated carbocycles. The molecule has 2 atom stereocenters. The zero-order chi connectivity index (χ0) is 15.5. The number of likely N-dealkylation sites (N-methyl/N-ethyl adjacent to an activating group) is 1. The molecular formula is C16H21FN4O. The first-order valence-corrected chi connectivity index (χ1v) is 7.62. The number of hydrogen-bond acceptors (Lipinski definition) is 5. The number of nitrogens with zero attached hydrogens (tertiary/aromatic N) is 3. The molecule has 5 nitrogen and oxygen atoms in total. The van der Waals surface area contributed by atoms with Crippen LogP contribution in [0.4, 0.5) is 4.39 Å². The number of hydrogen-bond donors (Lipinski definition) is 1. The highest BCUT2D eigenvalue weighted by Crippen LogP contribution is 2.22. The van der Waals surface area contributed by atoms with Crippen molar-refractivity contribution >= 4 is 0 Å². The summed E-state index contributed by atoms with van der Waals surface area (Å²) in [7, 11) is 2.07. The van der Waals surface area contributed by atoms with Gasteiger partial charge in [-0.2, -0.15) is 4.98 Å². The van der Waals surface area contributed by atoms with E-state index >= 15 is 0 Å². The molecule has 1 aromatic heterocycles. The number of benzene rings is 1. The maximum Gasteiger partial charge on any atom is 0.227 e. The number of halogens is 1. The van der Waals surface area contributed by atoms with Gasteiger partial charge in [0.1, 0.15) is 5.82 Å². The second kappa shape index (κ2) is 6.54. The van der Waals surface area contributed by atoms with E-state index in [0.717, 1.165) is 31.0 Å². The summed E-state index contributed by atoms with van der Waals surface area (Å²) in [6.45, 7) is 4.81. The van der Waals surface area contributed by atoms with Crippen molar-refractivity contribution in [1.29, 1.82) is 0 Å². The van der Waals surface area contributed by atoms with Crippen LogP contribution in [0.2, 0.25) is 0 Å². The first kappa shape index (κ1) is 15.1. The molecule has 0 amide bonds. The van der Waals surface area contributed by atoms with Crippen molar-refractivity contribution in [2.45, 2.75) is 25.3 Å². The standard InChI is InChI=1S/C16H21FN4O/c1-11(12-4-3-5-13(17)9-12)8-15-19-16(20-22-15)14-10-18-6-7-21(14)2/h3-5,9,11,14,18H,6-8,10H2,1-2H3. The van der Waals surface area contributed by atoms with Crippen LogP contribution in [-0.2, 0) is 6.42 Å². The summed E-state index contributed by atoms with van der Waals surface area (Å²) in [4.78, 5) is 6.74. The van der Waals surface area contributed by atoms with Gasteiger partial charge in [-0.1, -0.05) is 24.2 Å². The molecule has 22 heavy (non-hydrogen) atoms. The van der Waals surface area contributed by atoms with E-state index in [-0.39, 0.29) is 17.8 Å². The molecule has 1 fully saturated rings. The molecule has 118 valence electrons. The fourth-order valence-electron chi connectivity index (χ4n) is 2.77. The average Bonchev–Trinajstić information content (AvgIpc) is 2.96. The van der Waals surface area contributed by atoms with Gasteiger partial charge in [-0.25, -0.2) is 4.39 Å². The van der Waals surface area contributed by atoms with Gasteiger partial charge >= 0.3 is 0 Å². The average molecular weight is 304 g/mol. The summed E-state index contributed by atoms with van der Waals surface area (Å²) in [5.41, 5.74) is 0.941. The van der Waals surface area contributed by atoms with Crippen LogP contribution in [0.25, 0.3) is 0 Å². The molecule has 0 spiro atoms. The Labute approximate surface area is 129 Å². The Hall–Kier alpha value is -1.79. The summed E-state index contributed by atoms with van der Waals surface area (Å²) in [6.07, 6.45) is 0.611. The molecule has 3 rings (SSSR count). The van der Waals surface area contributed by atoms with Crippen molar-refractivity contribution in [2.24, 2.45) is 0 Å². The Kier molecular flexibility index (Phi) is 4.49. The SMILES string of the molecule is CC(Cc1nc(C2CNCCN2C)no1)c1cccc(F)c1. The Morgan fingerprint density at radius 3 is 3.14 bits per heavy atom. The van der Waals surface area contributed by atoms with E-state index in [2.05, 4.69) is 27.4 Å². The predicted octanol–water partition coefficient (Wildman–Crippen LogP) is 2.13. The topological polar surface area (TPSA) is 54.2 Å². The van der Waals surface area contributed by atoms with Gasteiger partial charge in [-0.3, -0.25) is 4.90 Å². The summed E-state index contributed by atoms with van der Waals surface area (Å²) < 4.78 is 18.7. The minimum atomic E-state index is -0.217. The monoisotopic (exact) mass is 304 g/mol. The smallest absolute Gasteiger partial charge is 0.227 e. The molecule has 6 heteroatoms. The highest BCUT2D eigenvalue weighted by atomic mass is 19.1. The van der Waals surface area contributed by atoms with Gasteiger partial charge in [0.05, 0.1) is 6.04 Å². The molecule has 1 aliphatic rings. The van der Waals surface area contributed by atoms with Crippen LogP contribution in [0, 0.1) is 5.82 Å². The minimum absolute atomic E-state index is 0.131. The van der Waals surface area contributed by atoms with Gasteiger partial charge in [0, 0.05) is 26.1 Å². The highest BCUT2D eigenvalue weighted by molar-refractivity contribution is 5.20. The van der Waals surface area contributed by atoms with E-state index in [9.17, 15) is 4.39 Å². The molecule has 0 radical (unpaired) electrons. The number of aromatic nitrogens is 2. The molecule has 1 aliphatic heterocycles. The van der Waals surface area contributed by atoms with Crippen LogP contribution >= 0.6 is 0 Å². The van der Waals surface area contributed by atoms with Crippen LogP contribution in [0.15, 0.2) is 28.8 Å². The van der Waals surface area contributed by atoms with Gasteiger partial charge in [0.15, 0.2) is 5.82 Å². The minimum Gasteiger partial charge on any atom is -0.339 e. The molecule has 2 heterocycles. The van der Waals surface area contributed by atoms with E-state index in [1.807, 2.05) is 13.0 Å². The Morgan fingerprint density at radius 1 is 1.50 bits per heavy atom. The summed E-state index contributed by atoms with van der Waals surface area (Å²) in [5, 5.41) is 7.45. The van der Waals surface area contributed by atoms with E-state index in [4.69, 9.17) is 4.52 Å². The first-order chi connectivity index (χ1) is 10.6. The van der Waals surface area contributed by atoms with E-state index in [0.29, 0.717) is 12.3 Å². The molecule has 0 bridgehead atoms. The summed E-state index contributed by atoms with van der Waals surface area (Å²) in [5.74, 6) is 1.23. The van der Waals surface area contributed by atoms with Crippen LogP contribution in [-0.4, -0.2) is 41.7 Å². The maximum absolute atomic E-state index is 13.3. The van der Waals surface area contributed by atoms with Crippen molar-refractivity contribution in [3.8, 4) is 0 Å². The maximum atomic E-state index is 13.3. The fraction of sp³-hybridized carbons (Fsp3) is 0.500.